The van der Waals surface area contributed by atoms with E-state index in [0.29, 0.717) is 12.8 Å². The summed E-state index contributed by atoms with van der Waals surface area (Å²) in [4.78, 5) is 12.9. The predicted octanol–water partition coefficient (Wildman–Crippen LogP) is 1.33. The summed E-state index contributed by atoms with van der Waals surface area (Å²) in [5.74, 6) is -0.359. The van der Waals surface area contributed by atoms with Crippen molar-refractivity contribution < 1.29 is 26.2 Å². The summed E-state index contributed by atoms with van der Waals surface area (Å²) in [6.45, 7) is 3.24. The van der Waals surface area contributed by atoms with Crippen LogP contribution < -0.4 is 5.32 Å². The van der Waals surface area contributed by atoms with Crippen LogP contribution in [0, 0.1) is 13.8 Å². The largest absolute Gasteiger partial charge is 0.360 e. The summed E-state index contributed by atoms with van der Waals surface area (Å²) in [5, 5.41) is 6.34. The van der Waals surface area contributed by atoms with Gasteiger partial charge in [0.2, 0.25) is 26.0 Å². The molecule has 0 aliphatic carbocycles. The molecule has 1 amide bonds. The van der Waals surface area contributed by atoms with Gasteiger partial charge in [-0.25, -0.2) is 21.1 Å². The third-order valence-electron chi connectivity index (χ3n) is 4.92. The molecule has 1 aliphatic rings. The van der Waals surface area contributed by atoms with Crippen molar-refractivity contribution in [2.45, 2.75) is 42.5 Å². The topological polar surface area (TPSA) is 130 Å². The Morgan fingerprint density at radius 3 is 2.53 bits per heavy atom. The number of sulfonamides is 2. The lowest BCUT2D eigenvalue weighted by atomic mass is 10.2. The van der Waals surface area contributed by atoms with Crippen LogP contribution in [0.2, 0.25) is 0 Å². The molecular weight excluding hydrogens is 432 g/mol. The standard InChI is InChI=1S/C18H24N4O6S2/c1-12-17(13(2)28-20-12)30(26,27)22-10-6-9-16(22)18(23)19-14-7-5-8-15(11-14)29(24,25)21(3)4/h5,7-8,11,16H,6,9-10H2,1-4H3,(H,19,23). The Balaban J connectivity index is 1.86. The lowest BCUT2D eigenvalue weighted by Crippen LogP contribution is -2.43. The van der Waals surface area contributed by atoms with E-state index in [9.17, 15) is 21.6 Å². The third-order valence-corrected chi connectivity index (χ3v) is 8.89. The first-order valence-electron chi connectivity index (χ1n) is 9.24. The van der Waals surface area contributed by atoms with Gasteiger partial charge in [0.05, 0.1) is 4.90 Å². The molecule has 2 aromatic rings. The predicted molar refractivity (Wildman–Crippen MR) is 109 cm³/mol. The van der Waals surface area contributed by atoms with Gasteiger partial charge in [0, 0.05) is 26.3 Å². The molecular formula is C18H24N4O6S2. The molecule has 1 aromatic heterocycles. The van der Waals surface area contributed by atoms with Crippen LogP contribution in [-0.2, 0) is 24.8 Å². The molecule has 3 rings (SSSR count). The van der Waals surface area contributed by atoms with E-state index in [-0.39, 0.29) is 33.5 Å². The summed E-state index contributed by atoms with van der Waals surface area (Å²) in [6, 6.07) is 4.91. The summed E-state index contributed by atoms with van der Waals surface area (Å²) in [6.07, 6.45) is 0.875. The zero-order valence-corrected chi connectivity index (χ0v) is 18.7. The molecule has 2 heterocycles. The van der Waals surface area contributed by atoms with Crippen LogP contribution in [-0.4, -0.2) is 63.2 Å². The normalized spacial score (nSPS) is 18.1. The van der Waals surface area contributed by atoms with E-state index in [1.54, 1.807) is 6.07 Å². The average Bonchev–Trinajstić information content (AvgIpc) is 3.29. The minimum absolute atomic E-state index is 0.0249. The molecule has 164 valence electrons. The molecule has 1 atom stereocenters. The number of amides is 1. The van der Waals surface area contributed by atoms with E-state index in [1.807, 2.05) is 0 Å². The molecule has 0 bridgehead atoms. The van der Waals surface area contributed by atoms with Crippen molar-refractivity contribution in [3.63, 3.8) is 0 Å². The number of aryl methyl sites for hydroxylation is 2. The number of rotatable bonds is 6. The van der Waals surface area contributed by atoms with Gasteiger partial charge in [0.25, 0.3) is 0 Å². The van der Waals surface area contributed by atoms with Crippen molar-refractivity contribution in [3.05, 3.63) is 35.7 Å². The van der Waals surface area contributed by atoms with Crippen LogP contribution in [0.5, 0.6) is 0 Å². The van der Waals surface area contributed by atoms with Gasteiger partial charge in [-0.15, -0.1) is 0 Å². The van der Waals surface area contributed by atoms with Gasteiger partial charge in [-0.1, -0.05) is 11.2 Å². The first-order valence-corrected chi connectivity index (χ1v) is 12.1. The number of carbonyl (C=O) groups excluding carboxylic acids is 1. The highest BCUT2D eigenvalue weighted by Crippen LogP contribution is 2.30. The van der Waals surface area contributed by atoms with Crippen molar-refractivity contribution >= 4 is 31.6 Å². The summed E-state index contributed by atoms with van der Waals surface area (Å²) >= 11 is 0. The number of hydrogen-bond donors (Lipinski definition) is 1. The Morgan fingerprint density at radius 1 is 1.23 bits per heavy atom. The van der Waals surface area contributed by atoms with E-state index in [4.69, 9.17) is 4.52 Å². The number of benzene rings is 1. The molecule has 12 heteroatoms. The number of carbonyl (C=O) groups is 1. The quantitative estimate of drug-likeness (QED) is 0.694. The molecule has 10 nitrogen and oxygen atoms in total. The Kier molecular flexibility index (Phi) is 6.05. The van der Waals surface area contributed by atoms with E-state index in [0.717, 1.165) is 8.61 Å². The Hall–Kier alpha value is -2.28. The van der Waals surface area contributed by atoms with Crippen molar-refractivity contribution in [3.8, 4) is 0 Å². The number of anilines is 1. The molecule has 0 saturated carbocycles. The highest BCUT2D eigenvalue weighted by Gasteiger charge is 2.42. The molecule has 0 spiro atoms. The van der Waals surface area contributed by atoms with Gasteiger partial charge in [0.15, 0.2) is 5.76 Å². The first kappa shape index (κ1) is 22.4. The fourth-order valence-corrected chi connectivity index (χ4v) is 6.32. The van der Waals surface area contributed by atoms with Crippen molar-refractivity contribution in [1.29, 1.82) is 0 Å². The first-order chi connectivity index (χ1) is 14.0. The lowest BCUT2D eigenvalue weighted by molar-refractivity contribution is -0.119. The summed E-state index contributed by atoms with van der Waals surface area (Å²) < 4.78 is 58.1. The zero-order valence-electron chi connectivity index (χ0n) is 17.1. The van der Waals surface area contributed by atoms with Crippen LogP contribution in [0.15, 0.2) is 38.6 Å². The van der Waals surface area contributed by atoms with Gasteiger partial charge in [-0.3, -0.25) is 4.79 Å². The van der Waals surface area contributed by atoms with E-state index < -0.39 is 32.0 Å². The van der Waals surface area contributed by atoms with Crippen molar-refractivity contribution in [1.82, 2.24) is 13.8 Å². The zero-order chi connectivity index (χ0) is 22.3. The molecule has 1 fully saturated rings. The van der Waals surface area contributed by atoms with Crippen LogP contribution >= 0.6 is 0 Å². The van der Waals surface area contributed by atoms with Crippen molar-refractivity contribution in [2.75, 3.05) is 26.0 Å². The second-order valence-electron chi connectivity index (χ2n) is 7.23. The second-order valence-corrected chi connectivity index (χ2v) is 11.2. The monoisotopic (exact) mass is 456 g/mol. The minimum Gasteiger partial charge on any atom is -0.360 e. The van der Waals surface area contributed by atoms with Gasteiger partial charge in [-0.2, -0.15) is 4.31 Å². The van der Waals surface area contributed by atoms with E-state index in [1.165, 1.54) is 46.1 Å². The fourth-order valence-electron chi connectivity index (χ4n) is 3.42. The maximum atomic E-state index is 13.1. The van der Waals surface area contributed by atoms with E-state index >= 15 is 0 Å². The van der Waals surface area contributed by atoms with Gasteiger partial charge >= 0.3 is 0 Å². The number of aromatic nitrogens is 1. The molecule has 30 heavy (non-hydrogen) atoms. The number of nitrogens with zero attached hydrogens (tertiary/aromatic N) is 3. The average molecular weight is 457 g/mol. The maximum Gasteiger partial charge on any atom is 0.249 e. The second kappa shape index (κ2) is 8.10. The molecule has 1 aromatic carbocycles. The summed E-state index contributed by atoms with van der Waals surface area (Å²) in [7, 11) is -4.81. The molecule has 1 saturated heterocycles. The third kappa shape index (κ3) is 4.00. The van der Waals surface area contributed by atoms with Crippen molar-refractivity contribution in [2.24, 2.45) is 0 Å². The molecule has 1 aliphatic heterocycles. The lowest BCUT2D eigenvalue weighted by Gasteiger charge is -2.23. The molecule has 1 unspecified atom stereocenters. The Labute approximate surface area is 175 Å². The van der Waals surface area contributed by atoms with Crippen LogP contribution in [0.25, 0.3) is 0 Å². The maximum absolute atomic E-state index is 13.1. The van der Waals surface area contributed by atoms with Gasteiger partial charge < -0.3 is 9.84 Å². The molecule has 1 N–H and O–H groups in total. The molecule has 0 radical (unpaired) electrons. The number of hydrogen-bond acceptors (Lipinski definition) is 7. The Morgan fingerprint density at radius 2 is 1.93 bits per heavy atom. The Bertz CT molecular complexity index is 1150. The van der Waals surface area contributed by atoms with Gasteiger partial charge in [-0.05, 0) is 44.9 Å². The SMILES string of the molecule is Cc1noc(C)c1S(=O)(=O)N1CCCC1C(=O)Nc1cccc(S(=O)(=O)N(C)C)c1. The van der Waals surface area contributed by atoms with E-state index in [2.05, 4.69) is 10.5 Å². The van der Waals surface area contributed by atoms with Crippen LogP contribution in [0.1, 0.15) is 24.3 Å². The number of nitrogens with one attached hydrogen (secondary N) is 1. The smallest absolute Gasteiger partial charge is 0.249 e. The summed E-state index contributed by atoms with van der Waals surface area (Å²) in [5.41, 5.74) is 0.504. The van der Waals surface area contributed by atoms with Crippen LogP contribution in [0.3, 0.4) is 0 Å². The van der Waals surface area contributed by atoms with Crippen LogP contribution in [0.4, 0.5) is 5.69 Å². The van der Waals surface area contributed by atoms with Gasteiger partial charge in [0.1, 0.15) is 16.6 Å². The fraction of sp³-hybridized carbons (Fsp3) is 0.444. The highest BCUT2D eigenvalue weighted by molar-refractivity contribution is 7.89. The highest BCUT2D eigenvalue weighted by atomic mass is 32.2. The minimum atomic E-state index is -3.97.